The van der Waals surface area contributed by atoms with Gasteiger partial charge in [0.05, 0.1) is 13.0 Å². The summed E-state index contributed by atoms with van der Waals surface area (Å²) >= 11 is 0. The summed E-state index contributed by atoms with van der Waals surface area (Å²) in [6.07, 6.45) is 1.15. The molecule has 106 valence electrons. The Bertz CT molecular complexity index is 578. The average Bonchev–Trinajstić information content (AvgIpc) is 2.88. The number of H-pyrrole nitrogens is 1. The lowest BCUT2D eigenvalue weighted by Gasteiger charge is -2.08. The van der Waals surface area contributed by atoms with Gasteiger partial charge in [-0.15, -0.1) is 0 Å². The number of carbonyl (C=O) groups excluding carboxylic acids is 1. The molecule has 0 bridgehead atoms. The molecule has 20 heavy (non-hydrogen) atoms. The van der Waals surface area contributed by atoms with Crippen LogP contribution in [0.15, 0.2) is 30.3 Å². The number of ether oxygens (including phenoxy) is 1. The van der Waals surface area contributed by atoms with Crippen molar-refractivity contribution in [1.29, 1.82) is 0 Å². The Morgan fingerprint density at radius 1 is 1.40 bits per heavy atom. The molecule has 0 saturated carbocycles. The molecule has 5 heteroatoms. The highest BCUT2D eigenvalue weighted by molar-refractivity contribution is 5.89. The first-order valence-electron chi connectivity index (χ1n) is 6.71. The minimum atomic E-state index is -0.104. The van der Waals surface area contributed by atoms with Gasteiger partial charge in [0, 0.05) is 11.8 Å². The molecule has 0 spiro atoms. The molecule has 0 saturated heterocycles. The number of aromatic nitrogens is 2. The minimum absolute atomic E-state index is 0.104. The first-order valence-corrected chi connectivity index (χ1v) is 6.71. The van der Waals surface area contributed by atoms with Gasteiger partial charge in [-0.05, 0) is 25.0 Å². The van der Waals surface area contributed by atoms with E-state index in [-0.39, 0.29) is 5.91 Å². The Morgan fingerprint density at radius 3 is 2.90 bits per heavy atom. The number of benzene rings is 1. The molecule has 2 rings (SSSR count). The Balaban J connectivity index is 1.77. The topological polar surface area (TPSA) is 67.0 Å². The molecule has 0 aliphatic rings. The number of carbonyl (C=O) groups is 1. The minimum Gasteiger partial charge on any atom is -0.493 e. The number of nitrogens with zero attached hydrogens (tertiary/aromatic N) is 1. The first-order chi connectivity index (χ1) is 9.69. The second-order valence-electron chi connectivity index (χ2n) is 4.54. The first kappa shape index (κ1) is 14.1. The van der Waals surface area contributed by atoms with E-state index in [4.69, 9.17) is 4.74 Å². The largest absolute Gasteiger partial charge is 0.493 e. The summed E-state index contributed by atoms with van der Waals surface area (Å²) in [6.45, 7) is 4.35. The van der Waals surface area contributed by atoms with Crippen LogP contribution >= 0.6 is 0 Å². The summed E-state index contributed by atoms with van der Waals surface area (Å²) in [5.74, 6) is 1.27. The van der Waals surface area contributed by atoms with Gasteiger partial charge >= 0.3 is 0 Å². The second-order valence-corrected chi connectivity index (χ2v) is 4.54. The van der Waals surface area contributed by atoms with Crippen molar-refractivity contribution in [2.24, 2.45) is 0 Å². The number of para-hydroxylation sites is 1. The van der Waals surface area contributed by atoms with Crippen LogP contribution in [0.2, 0.25) is 0 Å². The fourth-order valence-electron chi connectivity index (χ4n) is 1.78. The van der Waals surface area contributed by atoms with Crippen molar-refractivity contribution < 1.29 is 9.53 Å². The van der Waals surface area contributed by atoms with Gasteiger partial charge in [-0.1, -0.05) is 25.1 Å². The van der Waals surface area contributed by atoms with Crippen molar-refractivity contribution in [2.75, 3.05) is 11.9 Å². The summed E-state index contributed by atoms with van der Waals surface area (Å²) in [6, 6.07) is 9.58. The van der Waals surface area contributed by atoms with Crippen LogP contribution in [0.5, 0.6) is 5.75 Å². The molecule has 0 aliphatic carbocycles. The van der Waals surface area contributed by atoms with Crippen molar-refractivity contribution in [3.05, 3.63) is 41.6 Å². The van der Waals surface area contributed by atoms with E-state index in [2.05, 4.69) is 15.5 Å². The van der Waals surface area contributed by atoms with Crippen LogP contribution in [-0.4, -0.2) is 22.7 Å². The average molecular weight is 273 g/mol. The number of hydrogen-bond donors (Lipinski definition) is 2. The Hall–Kier alpha value is -2.30. The molecular weight excluding hydrogens is 254 g/mol. The third-order valence-corrected chi connectivity index (χ3v) is 2.96. The van der Waals surface area contributed by atoms with Gasteiger partial charge in [0.1, 0.15) is 5.75 Å². The molecule has 2 N–H and O–H groups in total. The van der Waals surface area contributed by atoms with Crippen molar-refractivity contribution in [3.8, 4) is 5.75 Å². The van der Waals surface area contributed by atoms with Crippen LogP contribution in [0.4, 0.5) is 5.82 Å². The molecule has 2 aromatic rings. The van der Waals surface area contributed by atoms with E-state index in [1.807, 2.05) is 44.2 Å². The molecule has 0 fully saturated rings. The van der Waals surface area contributed by atoms with Gasteiger partial charge in [-0.3, -0.25) is 9.89 Å². The van der Waals surface area contributed by atoms with Crippen LogP contribution in [0, 0.1) is 6.92 Å². The predicted molar refractivity (Wildman–Crippen MR) is 77.9 cm³/mol. The molecule has 1 aromatic carbocycles. The standard InChI is InChI=1S/C15H19N3O2/c1-3-12-10-14(18-17-12)16-15(19)8-9-20-13-7-5-4-6-11(13)2/h4-7,10H,3,8-9H2,1-2H3,(H2,16,17,18,19). The van der Waals surface area contributed by atoms with Gasteiger partial charge in [-0.2, -0.15) is 5.10 Å². The van der Waals surface area contributed by atoms with Crippen LogP contribution in [0.1, 0.15) is 24.6 Å². The smallest absolute Gasteiger partial charge is 0.229 e. The van der Waals surface area contributed by atoms with Gasteiger partial charge in [-0.25, -0.2) is 0 Å². The van der Waals surface area contributed by atoms with Crippen molar-refractivity contribution in [1.82, 2.24) is 10.2 Å². The summed E-state index contributed by atoms with van der Waals surface area (Å²) in [5, 5.41) is 9.60. The monoisotopic (exact) mass is 273 g/mol. The lowest BCUT2D eigenvalue weighted by molar-refractivity contribution is -0.116. The summed E-state index contributed by atoms with van der Waals surface area (Å²) in [7, 11) is 0. The number of rotatable bonds is 6. The van der Waals surface area contributed by atoms with E-state index in [0.29, 0.717) is 18.8 Å². The van der Waals surface area contributed by atoms with Crippen LogP contribution in [0.25, 0.3) is 0 Å². The summed E-state index contributed by atoms with van der Waals surface area (Å²) < 4.78 is 5.58. The van der Waals surface area contributed by atoms with E-state index in [9.17, 15) is 4.79 Å². The van der Waals surface area contributed by atoms with Crippen LogP contribution < -0.4 is 10.1 Å². The maximum atomic E-state index is 11.7. The van der Waals surface area contributed by atoms with Crippen molar-refractivity contribution >= 4 is 11.7 Å². The molecule has 0 atom stereocenters. The van der Waals surface area contributed by atoms with E-state index < -0.39 is 0 Å². The number of aryl methyl sites for hydroxylation is 2. The molecule has 1 aromatic heterocycles. The highest BCUT2D eigenvalue weighted by atomic mass is 16.5. The Morgan fingerprint density at radius 2 is 2.20 bits per heavy atom. The third kappa shape index (κ3) is 3.85. The lowest BCUT2D eigenvalue weighted by Crippen LogP contribution is -2.15. The maximum Gasteiger partial charge on any atom is 0.229 e. The Labute approximate surface area is 118 Å². The SMILES string of the molecule is CCc1cc(NC(=O)CCOc2ccccc2C)n[nH]1. The van der Waals surface area contributed by atoms with Crippen LogP contribution in [-0.2, 0) is 11.2 Å². The predicted octanol–water partition coefficient (Wildman–Crippen LogP) is 2.69. The normalized spacial score (nSPS) is 10.3. The van der Waals surface area contributed by atoms with Crippen molar-refractivity contribution in [3.63, 3.8) is 0 Å². The number of amides is 1. The lowest BCUT2D eigenvalue weighted by atomic mass is 10.2. The van der Waals surface area contributed by atoms with Gasteiger partial charge in [0.15, 0.2) is 5.82 Å². The summed E-state index contributed by atoms with van der Waals surface area (Å²) in [4.78, 5) is 11.7. The van der Waals surface area contributed by atoms with Gasteiger partial charge < -0.3 is 10.1 Å². The zero-order valence-electron chi connectivity index (χ0n) is 11.8. The molecule has 0 radical (unpaired) electrons. The van der Waals surface area contributed by atoms with Crippen LogP contribution in [0.3, 0.4) is 0 Å². The molecule has 0 aliphatic heterocycles. The maximum absolute atomic E-state index is 11.7. The number of aromatic amines is 1. The van der Waals surface area contributed by atoms with E-state index >= 15 is 0 Å². The second kappa shape index (κ2) is 6.75. The highest BCUT2D eigenvalue weighted by Gasteiger charge is 2.06. The third-order valence-electron chi connectivity index (χ3n) is 2.96. The highest BCUT2D eigenvalue weighted by Crippen LogP contribution is 2.16. The molecule has 5 nitrogen and oxygen atoms in total. The zero-order valence-corrected chi connectivity index (χ0v) is 11.8. The number of hydrogen-bond acceptors (Lipinski definition) is 3. The quantitative estimate of drug-likeness (QED) is 0.850. The van der Waals surface area contributed by atoms with E-state index in [1.54, 1.807) is 0 Å². The molecule has 1 amide bonds. The molecular formula is C15H19N3O2. The van der Waals surface area contributed by atoms with E-state index in [0.717, 1.165) is 23.4 Å². The summed E-state index contributed by atoms with van der Waals surface area (Å²) in [5.41, 5.74) is 2.06. The Kier molecular flexibility index (Phi) is 4.76. The fourth-order valence-corrected chi connectivity index (χ4v) is 1.78. The molecule has 1 heterocycles. The zero-order chi connectivity index (χ0) is 14.4. The van der Waals surface area contributed by atoms with Gasteiger partial charge in [0.25, 0.3) is 0 Å². The van der Waals surface area contributed by atoms with Gasteiger partial charge in [0.2, 0.25) is 5.91 Å². The fraction of sp³-hybridized carbons (Fsp3) is 0.333. The molecule has 0 unspecified atom stereocenters. The number of anilines is 1. The van der Waals surface area contributed by atoms with E-state index in [1.165, 1.54) is 0 Å². The van der Waals surface area contributed by atoms with Crippen molar-refractivity contribution in [2.45, 2.75) is 26.7 Å². The number of nitrogens with one attached hydrogen (secondary N) is 2.